The molecule has 2 aromatic rings. The summed E-state index contributed by atoms with van der Waals surface area (Å²) in [4.78, 5) is 39.1. The van der Waals surface area contributed by atoms with Crippen LogP contribution in [0.3, 0.4) is 0 Å². The third-order valence-corrected chi connectivity index (χ3v) is 4.09. The Morgan fingerprint density at radius 2 is 1.88 bits per heavy atom. The number of ether oxygens (including phenoxy) is 2. The molecule has 0 aliphatic rings. The predicted molar refractivity (Wildman–Crippen MR) is 119 cm³/mol. The van der Waals surface area contributed by atoms with Crippen LogP contribution in [0.1, 0.15) is 43.2 Å². The average molecular weight is 441 g/mol. The Morgan fingerprint density at radius 1 is 1.12 bits per heavy atom. The fourth-order valence-electron chi connectivity index (χ4n) is 2.75. The van der Waals surface area contributed by atoms with Gasteiger partial charge in [0.1, 0.15) is 5.60 Å². The maximum atomic E-state index is 11.8. The van der Waals surface area contributed by atoms with Gasteiger partial charge in [0.25, 0.3) is 0 Å². The van der Waals surface area contributed by atoms with Crippen LogP contribution in [0.2, 0.25) is 0 Å². The standard InChI is InChI=1S/C23H27N3O6/c1-23(2,3)32-21(29)25-11-6-5-7-16-13-15(10-12-24-16)18-9-8-17(26-22(30)31-4)14-19(18)20(27)28/h6,8-14H,5,7H2,1-4H3,(H,25,29)(H,26,30)(H,27,28). The molecule has 1 aromatic heterocycles. The Kier molecular flexibility index (Phi) is 8.34. The van der Waals surface area contributed by atoms with Gasteiger partial charge in [-0.15, -0.1) is 0 Å². The highest BCUT2D eigenvalue weighted by Gasteiger charge is 2.15. The van der Waals surface area contributed by atoms with Crippen molar-refractivity contribution in [3.05, 3.63) is 60.1 Å². The molecule has 9 heteroatoms. The molecule has 3 N–H and O–H groups in total. The van der Waals surface area contributed by atoms with Gasteiger partial charge in [0.2, 0.25) is 0 Å². The van der Waals surface area contributed by atoms with Crippen molar-refractivity contribution in [1.29, 1.82) is 0 Å². The maximum Gasteiger partial charge on any atom is 0.411 e. The number of hydrogen-bond acceptors (Lipinski definition) is 6. The topological polar surface area (TPSA) is 127 Å². The van der Waals surface area contributed by atoms with E-state index in [0.717, 1.165) is 5.69 Å². The Labute approximate surface area is 186 Å². The Balaban J connectivity index is 2.07. The second-order valence-corrected chi connectivity index (χ2v) is 7.81. The van der Waals surface area contributed by atoms with Gasteiger partial charge in [-0.1, -0.05) is 12.1 Å². The zero-order valence-electron chi connectivity index (χ0n) is 18.5. The second-order valence-electron chi connectivity index (χ2n) is 7.81. The number of nitrogens with zero attached hydrogens (tertiary/aromatic N) is 1. The summed E-state index contributed by atoms with van der Waals surface area (Å²) in [7, 11) is 1.23. The summed E-state index contributed by atoms with van der Waals surface area (Å²) in [6.07, 6.45) is 4.90. The van der Waals surface area contributed by atoms with Gasteiger partial charge in [-0.25, -0.2) is 14.4 Å². The van der Waals surface area contributed by atoms with E-state index in [1.165, 1.54) is 19.4 Å². The fraction of sp³-hybridized carbons (Fsp3) is 0.304. The van der Waals surface area contributed by atoms with Gasteiger partial charge in [-0.05, 0) is 69.0 Å². The SMILES string of the molecule is COC(=O)Nc1ccc(-c2ccnc(CCC=CNC(=O)OC(C)(C)C)c2)c(C(=O)O)c1. The first-order valence-electron chi connectivity index (χ1n) is 9.91. The minimum atomic E-state index is -1.12. The number of carboxylic acids is 1. The van der Waals surface area contributed by atoms with Crippen molar-refractivity contribution in [2.45, 2.75) is 39.2 Å². The third kappa shape index (κ3) is 7.75. The first kappa shape index (κ1) is 24.4. The van der Waals surface area contributed by atoms with Crippen molar-refractivity contribution in [3.8, 4) is 11.1 Å². The Morgan fingerprint density at radius 3 is 2.53 bits per heavy atom. The van der Waals surface area contributed by atoms with E-state index in [2.05, 4.69) is 20.4 Å². The largest absolute Gasteiger partial charge is 0.478 e. The number of benzene rings is 1. The summed E-state index contributed by atoms with van der Waals surface area (Å²) in [6, 6.07) is 8.13. The van der Waals surface area contributed by atoms with Gasteiger partial charge in [-0.3, -0.25) is 15.6 Å². The summed E-state index contributed by atoms with van der Waals surface area (Å²) in [5.41, 5.74) is 1.74. The number of anilines is 1. The van der Waals surface area contributed by atoms with E-state index in [0.29, 0.717) is 29.7 Å². The molecule has 0 unspecified atom stereocenters. The van der Waals surface area contributed by atoms with Gasteiger partial charge in [-0.2, -0.15) is 0 Å². The van der Waals surface area contributed by atoms with Crippen LogP contribution in [0.25, 0.3) is 11.1 Å². The molecule has 0 aliphatic heterocycles. The second kappa shape index (κ2) is 10.9. The lowest BCUT2D eigenvalue weighted by molar-refractivity contribution is 0.0551. The zero-order valence-corrected chi connectivity index (χ0v) is 18.5. The molecule has 0 atom stereocenters. The van der Waals surface area contributed by atoms with Crippen LogP contribution in [0.4, 0.5) is 15.3 Å². The number of amides is 2. The number of allylic oxidation sites excluding steroid dienone is 1. The minimum absolute atomic E-state index is 0.0394. The molecular formula is C23H27N3O6. The molecule has 32 heavy (non-hydrogen) atoms. The van der Waals surface area contributed by atoms with Crippen molar-refractivity contribution in [1.82, 2.24) is 10.3 Å². The molecule has 0 radical (unpaired) electrons. The molecule has 0 fully saturated rings. The highest BCUT2D eigenvalue weighted by atomic mass is 16.6. The van der Waals surface area contributed by atoms with Crippen molar-refractivity contribution < 1.29 is 29.0 Å². The van der Waals surface area contributed by atoms with Gasteiger partial charge >= 0.3 is 18.2 Å². The lowest BCUT2D eigenvalue weighted by atomic mass is 9.98. The molecule has 0 bridgehead atoms. The number of carbonyl (C=O) groups excluding carboxylic acids is 2. The monoisotopic (exact) mass is 441 g/mol. The number of methoxy groups -OCH3 is 1. The number of nitrogens with one attached hydrogen (secondary N) is 2. The van der Waals surface area contributed by atoms with Crippen molar-refractivity contribution in [2.24, 2.45) is 0 Å². The molecule has 0 spiro atoms. The summed E-state index contributed by atoms with van der Waals surface area (Å²) >= 11 is 0. The number of aromatic carboxylic acids is 1. The number of alkyl carbamates (subject to hydrolysis) is 1. The van der Waals surface area contributed by atoms with Crippen molar-refractivity contribution in [3.63, 3.8) is 0 Å². The molecule has 0 aliphatic carbocycles. The van der Waals surface area contributed by atoms with E-state index >= 15 is 0 Å². The van der Waals surface area contributed by atoms with E-state index in [1.807, 2.05) is 6.07 Å². The van der Waals surface area contributed by atoms with E-state index in [-0.39, 0.29) is 5.56 Å². The fourth-order valence-corrected chi connectivity index (χ4v) is 2.75. The number of carboxylic acid groups (broad SMARTS) is 1. The normalized spacial score (nSPS) is 11.1. The van der Waals surface area contributed by atoms with Crippen molar-refractivity contribution >= 4 is 23.8 Å². The molecule has 2 rings (SSSR count). The maximum absolute atomic E-state index is 11.8. The quantitative estimate of drug-likeness (QED) is 0.573. The summed E-state index contributed by atoms with van der Waals surface area (Å²) < 4.78 is 9.67. The Hall–Kier alpha value is -3.88. The number of aromatic nitrogens is 1. The van der Waals surface area contributed by atoms with Crippen LogP contribution < -0.4 is 10.6 Å². The minimum Gasteiger partial charge on any atom is -0.478 e. The number of rotatable bonds is 7. The molecule has 0 saturated carbocycles. The van der Waals surface area contributed by atoms with Gasteiger partial charge in [0, 0.05) is 23.8 Å². The number of hydrogen-bond donors (Lipinski definition) is 3. The lowest BCUT2D eigenvalue weighted by Crippen LogP contribution is -2.29. The van der Waals surface area contributed by atoms with Gasteiger partial charge in [0.05, 0.1) is 12.7 Å². The molecule has 9 nitrogen and oxygen atoms in total. The molecular weight excluding hydrogens is 414 g/mol. The smallest absolute Gasteiger partial charge is 0.411 e. The highest BCUT2D eigenvalue weighted by molar-refractivity contribution is 5.98. The van der Waals surface area contributed by atoms with Crippen LogP contribution in [-0.2, 0) is 15.9 Å². The third-order valence-electron chi connectivity index (χ3n) is 4.09. The van der Waals surface area contributed by atoms with E-state index in [1.54, 1.807) is 51.2 Å². The zero-order chi connectivity index (χ0) is 23.7. The average Bonchev–Trinajstić information content (AvgIpc) is 2.72. The van der Waals surface area contributed by atoms with Crippen LogP contribution in [0, 0.1) is 0 Å². The van der Waals surface area contributed by atoms with E-state index in [4.69, 9.17) is 4.74 Å². The van der Waals surface area contributed by atoms with Crippen LogP contribution in [-0.4, -0.2) is 41.0 Å². The van der Waals surface area contributed by atoms with Crippen LogP contribution in [0.15, 0.2) is 48.8 Å². The van der Waals surface area contributed by atoms with Crippen molar-refractivity contribution in [2.75, 3.05) is 12.4 Å². The first-order chi connectivity index (χ1) is 15.1. The molecule has 1 aromatic carbocycles. The first-order valence-corrected chi connectivity index (χ1v) is 9.91. The molecule has 0 saturated heterocycles. The highest BCUT2D eigenvalue weighted by Crippen LogP contribution is 2.27. The molecule has 170 valence electrons. The van der Waals surface area contributed by atoms with Crippen LogP contribution in [0.5, 0.6) is 0 Å². The Bertz CT molecular complexity index is 1010. The van der Waals surface area contributed by atoms with E-state index < -0.39 is 23.8 Å². The van der Waals surface area contributed by atoms with Gasteiger partial charge < -0.3 is 14.6 Å². The van der Waals surface area contributed by atoms with Gasteiger partial charge in [0.15, 0.2) is 0 Å². The number of pyridine rings is 1. The summed E-state index contributed by atoms with van der Waals surface area (Å²) in [5, 5.41) is 14.6. The summed E-state index contributed by atoms with van der Waals surface area (Å²) in [6.45, 7) is 5.36. The summed E-state index contributed by atoms with van der Waals surface area (Å²) in [5.74, 6) is -1.12. The molecule has 2 amide bonds. The predicted octanol–water partition coefficient (Wildman–Crippen LogP) is 4.60. The van der Waals surface area contributed by atoms with Crippen LogP contribution >= 0.6 is 0 Å². The lowest BCUT2D eigenvalue weighted by Gasteiger charge is -2.18. The van der Waals surface area contributed by atoms with E-state index in [9.17, 15) is 19.5 Å². The molecule has 1 heterocycles. The number of carbonyl (C=O) groups is 3. The number of aryl methyl sites for hydroxylation is 1.